The molecule has 108 valence electrons. The minimum Gasteiger partial charge on any atom is -0.496 e. The summed E-state index contributed by atoms with van der Waals surface area (Å²) in [7, 11) is 1.63. The molecule has 0 amide bonds. The predicted octanol–water partition coefficient (Wildman–Crippen LogP) is 2.70. The van der Waals surface area contributed by atoms with E-state index in [4.69, 9.17) is 9.84 Å². The Morgan fingerprint density at radius 1 is 1.50 bits per heavy atom. The molecule has 0 saturated heterocycles. The highest BCUT2D eigenvalue weighted by molar-refractivity contribution is 8.01. The number of carbonyl (C=O) groups is 2. The number of aliphatic carboxylic acids is 1. The number of hydrogen-bond acceptors (Lipinski definition) is 4. The molecule has 4 nitrogen and oxygen atoms in total. The maximum Gasteiger partial charge on any atom is 0.306 e. The summed E-state index contributed by atoms with van der Waals surface area (Å²) in [6, 6.07) is 4.01. The van der Waals surface area contributed by atoms with Gasteiger partial charge in [0.05, 0.1) is 18.3 Å². The van der Waals surface area contributed by atoms with Crippen LogP contribution >= 0.6 is 11.8 Å². The number of ether oxygens (including phenoxy) is 1. The Morgan fingerprint density at radius 3 is 2.80 bits per heavy atom. The van der Waals surface area contributed by atoms with Gasteiger partial charge in [0, 0.05) is 11.3 Å². The number of carboxylic acid groups (broad SMARTS) is 1. The molecule has 1 aromatic rings. The maximum absolute atomic E-state index is 12.2. The zero-order valence-electron chi connectivity index (χ0n) is 11.8. The van der Waals surface area contributed by atoms with Crippen molar-refractivity contribution in [3.8, 4) is 5.75 Å². The number of hydrogen-bond donors (Lipinski definition) is 1. The lowest BCUT2D eigenvalue weighted by Gasteiger charge is -2.09. The molecule has 0 fully saturated rings. The molecule has 2 atom stereocenters. The molecular formula is C15H18O4S. The van der Waals surface area contributed by atoms with Gasteiger partial charge in [-0.05, 0) is 36.6 Å². The lowest BCUT2D eigenvalue weighted by molar-refractivity contribution is -0.143. The van der Waals surface area contributed by atoms with Crippen LogP contribution < -0.4 is 4.74 Å². The number of benzene rings is 1. The molecule has 0 spiro atoms. The number of rotatable bonds is 5. The van der Waals surface area contributed by atoms with Crippen LogP contribution in [0.4, 0.5) is 0 Å². The van der Waals surface area contributed by atoms with Gasteiger partial charge < -0.3 is 9.84 Å². The van der Waals surface area contributed by atoms with Crippen molar-refractivity contribution in [3.63, 3.8) is 0 Å². The first-order valence-electron chi connectivity index (χ1n) is 6.52. The summed E-state index contributed by atoms with van der Waals surface area (Å²) >= 11 is 1.53. The first kappa shape index (κ1) is 14.9. The van der Waals surface area contributed by atoms with E-state index >= 15 is 0 Å². The van der Waals surface area contributed by atoms with Crippen molar-refractivity contribution in [1.82, 2.24) is 0 Å². The molecule has 5 heteroatoms. The number of Topliss-reactive ketones (excluding diaryl/α,β-unsaturated/α-hetero) is 1. The van der Waals surface area contributed by atoms with Crippen molar-refractivity contribution in [1.29, 1.82) is 0 Å². The van der Waals surface area contributed by atoms with E-state index in [9.17, 15) is 9.59 Å². The topological polar surface area (TPSA) is 63.6 Å². The molecule has 1 unspecified atom stereocenters. The molecule has 0 saturated carbocycles. The lowest BCUT2D eigenvalue weighted by atomic mass is 9.99. The second kappa shape index (κ2) is 5.87. The van der Waals surface area contributed by atoms with E-state index in [1.807, 2.05) is 19.1 Å². The van der Waals surface area contributed by atoms with E-state index in [0.29, 0.717) is 6.42 Å². The molecule has 1 heterocycles. The smallest absolute Gasteiger partial charge is 0.306 e. The van der Waals surface area contributed by atoms with Crippen LogP contribution in [-0.4, -0.2) is 29.2 Å². The van der Waals surface area contributed by atoms with Crippen molar-refractivity contribution in [2.75, 3.05) is 7.11 Å². The quantitative estimate of drug-likeness (QED) is 0.904. The van der Waals surface area contributed by atoms with E-state index in [1.165, 1.54) is 11.8 Å². The second-order valence-corrected chi connectivity index (χ2v) is 6.39. The van der Waals surface area contributed by atoms with Gasteiger partial charge in [-0.15, -0.1) is 11.8 Å². The Hall–Kier alpha value is -1.49. The molecule has 2 rings (SSSR count). The number of aryl methyl sites for hydroxylation is 1. The van der Waals surface area contributed by atoms with E-state index < -0.39 is 11.9 Å². The van der Waals surface area contributed by atoms with Gasteiger partial charge in [0.2, 0.25) is 0 Å². The van der Waals surface area contributed by atoms with Crippen LogP contribution in [0.3, 0.4) is 0 Å². The minimum absolute atomic E-state index is 0.0118. The Kier molecular flexibility index (Phi) is 4.38. The Balaban J connectivity index is 2.09. The normalized spacial score (nSPS) is 18.4. The fraction of sp³-hybridized carbons (Fsp3) is 0.467. The van der Waals surface area contributed by atoms with Gasteiger partial charge in [-0.25, -0.2) is 0 Å². The minimum atomic E-state index is -0.920. The zero-order valence-corrected chi connectivity index (χ0v) is 12.6. The van der Waals surface area contributed by atoms with Crippen LogP contribution in [0, 0.1) is 12.8 Å². The van der Waals surface area contributed by atoms with Crippen molar-refractivity contribution in [2.24, 2.45) is 5.92 Å². The summed E-state index contributed by atoms with van der Waals surface area (Å²) in [4.78, 5) is 24.1. The Labute approximate surface area is 122 Å². The molecule has 20 heavy (non-hydrogen) atoms. The molecule has 1 aromatic carbocycles. The third-order valence-corrected chi connectivity index (χ3v) is 4.89. The number of ketones is 1. The average Bonchev–Trinajstić information content (AvgIpc) is 2.80. The van der Waals surface area contributed by atoms with E-state index in [2.05, 4.69) is 0 Å². The largest absolute Gasteiger partial charge is 0.496 e. The van der Waals surface area contributed by atoms with Crippen molar-refractivity contribution < 1.29 is 19.4 Å². The molecule has 0 bridgehead atoms. The summed E-state index contributed by atoms with van der Waals surface area (Å²) in [5.41, 5.74) is 2.16. The number of carboxylic acids is 1. The lowest BCUT2D eigenvalue weighted by Crippen LogP contribution is -2.22. The third kappa shape index (κ3) is 2.98. The fourth-order valence-electron chi connectivity index (χ4n) is 2.29. The van der Waals surface area contributed by atoms with Crippen LogP contribution in [0.2, 0.25) is 0 Å². The van der Waals surface area contributed by atoms with Gasteiger partial charge in [-0.2, -0.15) is 0 Å². The number of fused-ring (bicyclic) bond motifs is 1. The highest BCUT2D eigenvalue weighted by atomic mass is 32.2. The van der Waals surface area contributed by atoms with Gasteiger partial charge in [0.15, 0.2) is 0 Å². The first-order chi connectivity index (χ1) is 9.42. The fourth-order valence-corrected chi connectivity index (χ4v) is 3.62. The summed E-state index contributed by atoms with van der Waals surface area (Å²) in [5, 5.41) is 8.71. The molecule has 0 aromatic heterocycles. The number of thioether (sulfide) groups is 1. The van der Waals surface area contributed by atoms with Crippen LogP contribution in [0.25, 0.3) is 0 Å². The average molecular weight is 294 g/mol. The third-order valence-electron chi connectivity index (χ3n) is 3.54. The molecule has 0 radical (unpaired) electrons. The van der Waals surface area contributed by atoms with Crippen molar-refractivity contribution in [2.45, 2.75) is 36.8 Å². The van der Waals surface area contributed by atoms with Gasteiger partial charge in [-0.3, -0.25) is 9.59 Å². The van der Waals surface area contributed by atoms with E-state index in [0.717, 1.165) is 21.8 Å². The number of methoxy groups -OCH3 is 1. The maximum atomic E-state index is 12.2. The first-order valence-corrected chi connectivity index (χ1v) is 7.40. The highest BCUT2D eigenvalue weighted by Gasteiger charge is 2.30. The molecular weight excluding hydrogens is 276 g/mol. The Bertz CT molecular complexity index is 553. The van der Waals surface area contributed by atoms with Crippen LogP contribution in [0.1, 0.15) is 24.5 Å². The van der Waals surface area contributed by atoms with Crippen LogP contribution in [0.5, 0.6) is 5.75 Å². The Morgan fingerprint density at radius 2 is 2.20 bits per heavy atom. The van der Waals surface area contributed by atoms with Gasteiger partial charge in [0.1, 0.15) is 11.5 Å². The highest BCUT2D eigenvalue weighted by Crippen LogP contribution is 2.41. The van der Waals surface area contributed by atoms with Crippen LogP contribution in [-0.2, 0) is 16.0 Å². The van der Waals surface area contributed by atoms with Crippen molar-refractivity contribution in [3.05, 3.63) is 23.3 Å². The summed E-state index contributed by atoms with van der Waals surface area (Å²) < 4.78 is 5.29. The molecule has 1 aliphatic rings. The van der Waals surface area contributed by atoms with Crippen LogP contribution in [0.15, 0.2) is 17.0 Å². The van der Waals surface area contributed by atoms with Gasteiger partial charge in [0.25, 0.3) is 0 Å². The standard InChI is InChI=1S/C15H18O4S/c1-8-5-13-10(6-12(8)19-3)7-14(20-13)11(16)4-9(2)15(17)18/h5-6,9,14H,4,7H2,1-3H3,(H,17,18)/t9-,14?/m0/s1. The monoisotopic (exact) mass is 294 g/mol. The zero-order chi connectivity index (χ0) is 14.9. The van der Waals surface area contributed by atoms with Gasteiger partial charge >= 0.3 is 5.97 Å². The summed E-state index contributed by atoms with van der Waals surface area (Å²) in [6.07, 6.45) is 0.749. The predicted molar refractivity (Wildman–Crippen MR) is 77.5 cm³/mol. The van der Waals surface area contributed by atoms with Crippen molar-refractivity contribution >= 4 is 23.5 Å². The van der Waals surface area contributed by atoms with E-state index in [-0.39, 0.29) is 17.5 Å². The SMILES string of the molecule is COc1cc2c(cc1C)SC(C(=O)C[C@H](C)C(=O)O)C2. The van der Waals surface area contributed by atoms with E-state index in [1.54, 1.807) is 14.0 Å². The molecule has 0 aliphatic carbocycles. The number of carbonyl (C=O) groups excluding carboxylic acids is 1. The molecule has 1 N–H and O–H groups in total. The summed E-state index contributed by atoms with van der Waals surface area (Å²) in [6.45, 7) is 3.54. The van der Waals surface area contributed by atoms with Gasteiger partial charge in [-0.1, -0.05) is 6.92 Å². The molecule has 1 aliphatic heterocycles. The summed E-state index contributed by atoms with van der Waals surface area (Å²) in [5.74, 6) is -0.700. The second-order valence-electron chi connectivity index (χ2n) is 5.15.